The van der Waals surface area contributed by atoms with Gasteiger partial charge in [-0.05, 0) is 53.0 Å². The maximum absolute atomic E-state index is 13.6. The Morgan fingerprint density at radius 2 is 1.86 bits per heavy atom. The Balaban J connectivity index is 2.18. The Labute approximate surface area is 175 Å². The number of alkyl halides is 3. The molecule has 0 aliphatic carbocycles. The number of rotatable bonds is 4. The zero-order valence-corrected chi connectivity index (χ0v) is 18.1. The largest absolute Gasteiger partial charge is 0.418 e. The number of hydrogen-bond acceptors (Lipinski definition) is 2. The van der Waals surface area contributed by atoms with E-state index in [1.807, 2.05) is 20.9 Å². The van der Waals surface area contributed by atoms with E-state index < -0.39 is 11.7 Å². The van der Waals surface area contributed by atoms with Crippen LogP contribution in [0.4, 0.5) is 30.2 Å². The van der Waals surface area contributed by atoms with Crippen molar-refractivity contribution in [2.45, 2.75) is 38.9 Å². The predicted molar refractivity (Wildman–Crippen MR) is 113 cm³/mol. The van der Waals surface area contributed by atoms with E-state index in [1.54, 1.807) is 24.3 Å². The van der Waals surface area contributed by atoms with Crippen LogP contribution in [-0.4, -0.2) is 19.0 Å². The summed E-state index contributed by atoms with van der Waals surface area (Å²) in [5.41, 5.74) is 0.514. The molecular weight excluding hydrogens is 455 g/mol. The van der Waals surface area contributed by atoms with Gasteiger partial charge in [-0.1, -0.05) is 31.5 Å². The smallest absolute Gasteiger partial charge is 0.292 e. The summed E-state index contributed by atoms with van der Waals surface area (Å²) < 4.78 is 41.7. The highest BCUT2D eigenvalue weighted by atomic mass is 79.9. The molecule has 150 valence electrons. The minimum Gasteiger partial charge on any atom is -0.292 e. The zero-order chi connectivity index (χ0) is 20.7. The first-order valence-corrected chi connectivity index (χ1v) is 10.2. The van der Waals surface area contributed by atoms with Crippen molar-refractivity contribution >= 4 is 50.6 Å². The molecule has 0 amide bonds. The highest BCUT2D eigenvalue weighted by Crippen LogP contribution is 2.49. The van der Waals surface area contributed by atoms with E-state index in [1.165, 1.54) is 6.07 Å². The van der Waals surface area contributed by atoms with Crippen LogP contribution in [0.1, 0.15) is 32.3 Å². The summed E-state index contributed by atoms with van der Waals surface area (Å²) in [6.07, 6.45) is -2.87. The van der Waals surface area contributed by atoms with Crippen LogP contribution in [0, 0.1) is 0 Å². The molecule has 3 rings (SSSR count). The Morgan fingerprint density at radius 1 is 1.18 bits per heavy atom. The van der Waals surface area contributed by atoms with Gasteiger partial charge in [0, 0.05) is 15.6 Å². The van der Waals surface area contributed by atoms with Gasteiger partial charge in [-0.3, -0.25) is 5.32 Å². The maximum Gasteiger partial charge on any atom is 0.418 e. The van der Waals surface area contributed by atoms with Gasteiger partial charge in [0.1, 0.15) is 11.7 Å². The average molecular weight is 476 g/mol. The van der Waals surface area contributed by atoms with Gasteiger partial charge in [-0.2, -0.15) is 18.2 Å². The van der Waals surface area contributed by atoms with Crippen molar-refractivity contribution in [2.24, 2.45) is 4.99 Å². The number of halogens is 5. The summed E-state index contributed by atoms with van der Waals surface area (Å²) >= 11 is 9.47. The van der Waals surface area contributed by atoms with Crippen LogP contribution in [0.5, 0.6) is 0 Å². The third-order valence-corrected chi connectivity index (χ3v) is 6.22. The summed E-state index contributed by atoms with van der Waals surface area (Å²) in [7, 11) is 1.92. The molecule has 3 nitrogen and oxygen atoms in total. The van der Waals surface area contributed by atoms with E-state index in [9.17, 15) is 13.2 Å². The summed E-state index contributed by atoms with van der Waals surface area (Å²) in [4.78, 5) is 4.45. The number of benzene rings is 2. The van der Waals surface area contributed by atoms with Crippen molar-refractivity contribution < 1.29 is 13.2 Å². The summed E-state index contributed by atoms with van der Waals surface area (Å²) in [5, 5.41) is 3.81. The van der Waals surface area contributed by atoms with E-state index >= 15 is 0 Å². The topological polar surface area (TPSA) is 24.4 Å². The standard InChI is InChI=1S/C20H21BrClF3N3/c1-4-13(5-2)28(3)17-8-6-7-14(20(23,24)25)18(17)27-19(28)26-16-10-9-12(22)11-15(16)21/h6-11,13H,4-5H2,1-3H3,(H,26,27)/q+1. The van der Waals surface area contributed by atoms with Crippen LogP contribution in [0.3, 0.4) is 0 Å². The molecule has 0 saturated carbocycles. The maximum atomic E-state index is 13.6. The van der Waals surface area contributed by atoms with Crippen LogP contribution in [0.25, 0.3) is 0 Å². The molecule has 1 N–H and O–H groups in total. The van der Waals surface area contributed by atoms with Gasteiger partial charge in [0.25, 0.3) is 0 Å². The van der Waals surface area contributed by atoms with E-state index in [-0.39, 0.29) is 16.2 Å². The molecule has 1 heterocycles. The van der Waals surface area contributed by atoms with Crippen LogP contribution in [0.15, 0.2) is 45.9 Å². The molecule has 28 heavy (non-hydrogen) atoms. The molecule has 2 aromatic rings. The van der Waals surface area contributed by atoms with Gasteiger partial charge in [-0.25, -0.2) is 4.48 Å². The lowest BCUT2D eigenvalue weighted by Gasteiger charge is -2.37. The predicted octanol–water partition coefficient (Wildman–Crippen LogP) is 7.36. The number of quaternary nitrogens is 1. The molecular formula is C20H21BrClF3N3+. The van der Waals surface area contributed by atoms with Crippen molar-refractivity contribution in [2.75, 3.05) is 12.4 Å². The fourth-order valence-corrected chi connectivity index (χ4v) is 4.60. The molecule has 2 aromatic carbocycles. The highest BCUT2D eigenvalue weighted by molar-refractivity contribution is 9.10. The molecule has 1 atom stereocenters. The van der Waals surface area contributed by atoms with Crippen LogP contribution in [0.2, 0.25) is 5.02 Å². The third kappa shape index (κ3) is 3.55. The molecule has 1 aliphatic heterocycles. The lowest BCUT2D eigenvalue weighted by Crippen LogP contribution is -2.58. The molecule has 0 aromatic heterocycles. The Hall–Kier alpha value is -1.57. The molecule has 0 fully saturated rings. The first-order valence-electron chi connectivity index (χ1n) is 9.01. The SMILES string of the molecule is CCC(CC)[N+]1(C)C(Nc2ccc(Cl)cc2Br)=Nc2c(C(F)(F)F)cccc21. The van der Waals surface area contributed by atoms with Gasteiger partial charge in [0.2, 0.25) is 0 Å². The van der Waals surface area contributed by atoms with Gasteiger partial charge in [-0.15, -0.1) is 0 Å². The highest BCUT2D eigenvalue weighted by Gasteiger charge is 2.49. The van der Waals surface area contributed by atoms with E-state index in [4.69, 9.17) is 11.6 Å². The first-order chi connectivity index (χ1) is 13.1. The lowest BCUT2D eigenvalue weighted by molar-refractivity contribution is -0.137. The Bertz CT molecular complexity index is 925. The summed E-state index contributed by atoms with van der Waals surface area (Å²) in [6.45, 7) is 4.08. The third-order valence-electron chi connectivity index (χ3n) is 5.33. The van der Waals surface area contributed by atoms with Gasteiger partial charge in [0.05, 0.1) is 18.3 Å². The first kappa shape index (κ1) is 21.1. The Morgan fingerprint density at radius 3 is 2.43 bits per heavy atom. The Kier molecular flexibility index (Phi) is 5.81. The van der Waals surface area contributed by atoms with Crippen molar-refractivity contribution in [3.63, 3.8) is 0 Å². The van der Waals surface area contributed by atoms with Crippen LogP contribution in [-0.2, 0) is 6.18 Å². The number of hydrogen-bond donors (Lipinski definition) is 1. The number of para-hydroxylation sites is 1. The second kappa shape index (κ2) is 7.69. The fraction of sp³-hybridized carbons (Fsp3) is 0.350. The van der Waals surface area contributed by atoms with Crippen molar-refractivity contribution in [3.05, 3.63) is 51.5 Å². The number of anilines is 1. The van der Waals surface area contributed by atoms with E-state index in [0.717, 1.165) is 18.9 Å². The minimum absolute atomic E-state index is 0.0167. The number of nitrogens with zero attached hydrogens (tertiary/aromatic N) is 2. The molecule has 0 spiro atoms. The quantitative estimate of drug-likeness (QED) is 0.459. The van der Waals surface area contributed by atoms with E-state index in [2.05, 4.69) is 26.2 Å². The second-order valence-electron chi connectivity index (χ2n) is 6.90. The van der Waals surface area contributed by atoms with E-state index in [0.29, 0.717) is 26.8 Å². The number of guanidine groups is 1. The molecule has 8 heteroatoms. The molecule has 0 saturated heterocycles. The average Bonchev–Trinajstić information content (AvgIpc) is 2.90. The van der Waals surface area contributed by atoms with Crippen LogP contribution < -0.4 is 9.80 Å². The molecule has 1 unspecified atom stereocenters. The van der Waals surface area contributed by atoms with Crippen molar-refractivity contribution in [1.82, 2.24) is 4.48 Å². The molecule has 0 bridgehead atoms. The van der Waals surface area contributed by atoms with Gasteiger partial charge < -0.3 is 0 Å². The number of aliphatic imine (C=N–C) groups is 1. The minimum atomic E-state index is -4.47. The molecule has 0 radical (unpaired) electrons. The zero-order valence-electron chi connectivity index (χ0n) is 15.7. The van der Waals surface area contributed by atoms with Crippen molar-refractivity contribution in [3.8, 4) is 0 Å². The second-order valence-corrected chi connectivity index (χ2v) is 8.19. The molecule has 1 aliphatic rings. The summed E-state index contributed by atoms with van der Waals surface area (Å²) in [5.74, 6) is 0.462. The van der Waals surface area contributed by atoms with Gasteiger partial charge >= 0.3 is 12.1 Å². The lowest BCUT2D eigenvalue weighted by atomic mass is 10.0. The number of fused-ring (bicyclic) bond motifs is 1. The van der Waals surface area contributed by atoms with Crippen LogP contribution >= 0.6 is 27.5 Å². The van der Waals surface area contributed by atoms with Gasteiger partial charge in [0.15, 0.2) is 5.69 Å². The number of nitrogens with one attached hydrogen (secondary N) is 1. The summed E-state index contributed by atoms with van der Waals surface area (Å²) in [6, 6.07) is 9.58. The van der Waals surface area contributed by atoms with Crippen molar-refractivity contribution in [1.29, 1.82) is 0 Å². The monoisotopic (exact) mass is 474 g/mol. The fourth-order valence-electron chi connectivity index (χ4n) is 3.82. The normalized spacial score (nSPS) is 19.0.